The molecule has 116 valence electrons. The van der Waals surface area contributed by atoms with Crippen LogP contribution in [0.4, 0.5) is 0 Å². The molecule has 3 nitrogen and oxygen atoms in total. The van der Waals surface area contributed by atoms with Crippen LogP contribution in [0.25, 0.3) is 0 Å². The van der Waals surface area contributed by atoms with Crippen molar-refractivity contribution < 1.29 is 0 Å². The molecule has 2 aliphatic heterocycles. The molecular formula is C17H33N3. The molecule has 3 fully saturated rings. The molecule has 3 atom stereocenters. The summed E-state index contributed by atoms with van der Waals surface area (Å²) in [5, 5.41) is 3.64. The summed E-state index contributed by atoms with van der Waals surface area (Å²) in [6.45, 7) is 7.68. The molecule has 0 aromatic carbocycles. The van der Waals surface area contributed by atoms with Crippen LogP contribution >= 0.6 is 0 Å². The standard InChI is InChI=1S/C17H33N3/c1-14(5-3-10-18-16-7-8-16)20-12-9-17-15(13-20)6-4-11-19(17)2/h14-18H,3-13H2,1-2H3. The highest BCUT2D eigenvalue weighted by Crippen LogP contribution is 2.30. The van der Waals surface area contributed by atoms with Gasteiger partial charge in [0.1, 0.15) is 0 Å². The maximum Gasteiger partial charge on any atom is 0.0145 e. The van der Waals surface area contributed by atoms with Crippen LogP contribution in [-0.2, 0) is 0 Å². The maximum atomic E-state index is 3.64. The molecule has 0 spiro atoms. The van der Waals surface area contributed by atoms with Crippen molar-refractivity contribution >= 4 is 0 Å². The Kier molecular flexibility index (Phi) is 5.00. The number of fused-ring (bicyclic) bond motifs is 1. The first kappa shape index (κ1) is 14.8. The molecule has 0 amide bonds. The highest BCUT2D eigenvalue weighted by Gasteiger charge is 2.35. The van der Waals surface area contributed by atoms with Gasteiger partial charge in [-0.05, 0) is 84.5 Å². The summed E-state index contributed by atoms with van der Waals surface area (Å²) in [7, 11) is 2.33. The second kappa shape index (κ2) is 6.76. The van der Waals surface area contributed by atoms with Crippen LogP contribution < -0.4 is 5.32 Å². The van der Waals surface area contributed by atoms with Crippen molar-refractivity contribution in [2.24, 2.45) is 5.92 Å². The predicted octanol–water partition coefficient (Wildman–Crippen LogP) is 2.32. The molecule has 3 aliphatic rings. The predicted molar refractivity (Wildman–Crippen MR) is 85.1 cm³/mol. The van der Waals surface area contributed by atoms with Crippen LogP contribution in [-0.4, -0.2) is 61.2 Å². The third-order valence-electron chi connectivity index (χ3n) is 5.81. The van der Waals surface area contributed by atoms with E-state index in [0.29, 0.717) is 0 Å². The van der Waals surface area contributed by atoms with Gasteiger partial charge in [0.15, 0.2) is 0 Å². The Bertz CT molecular complexity index is 303. The van der Waals surface area contributed by atoms with Crippen molar-refractivity contribution in [1.82, 2.24) is 15.1 Å². The van der Waals surface area contributed by atoms with E-state index in [2.05, 4.69) is 29.1 Å². The number of likely N-dealkylation sites (tertiary alicyclic amines) is 2. The second-order valence-corrected chi connectivity index (χ2v) is 7.45. The Balaban J connectivity index is 1.38. The van der Waals surface area contributed by atoms with E-state index in [1.165, 1.54) is 71.1 Å². The smallest absolute Gasteiger partial charge is 0.0145 e. The lowest BCUT2D eigenvalue weighted by Crippen LogP contribution is -2.54. The zero-order valence-corrected chi connectivity index (χ0v) is 13.5. The van der Waals surface area contributed by atoms with Crippen LogP contribution in [0, 0.1) is 5.92 Å². The van der Waals surface area contributed by atoms with E-state index in [-0.39, 0.29) is 0 Å². The SMILES string of the molecule is CC(CCCNC1CC1)N1CCC2C(CCCN2C)C1. The fourth-order valence-electron chi connectivity index (χ4n) is 4.25. The van der Waals surface area contributed by atoms with Gasteiger partial charge in [-0.25, -0.2) is 0 Å². The largest absolute Gasteiger partial charge is 0.314 e. The Labute approximate surface area is 125 Å². The van der Waals surface area contributed by atoms with Crippen molar-refractivity contribution in [2.45, 2.75) is 70.0 Å². The highest BCUT2D eigenvalue weighted by molar-refractivity contribution is 4.90. The van der Waals surface area contributed by atoms with Gasteiger partial charge in [0.25, 0.3) is 0 Å². The molecule has 2 saturated heterocycles. The number of hydrogen-bond donors (Lipinski definition) is 1. The zero-order chi connectivity index (χ0) is 13.9. The van der Waals surface area contributed by atoms with Crippen LogP contribution in [0.3, 0.4) is 0 Å². The fraction of sp³-hybridized carbons (Fsp3) is 1.00. The van der Waals surface area contributed by atoms with E-state index < -0.39 is 0 Å². The first-order valence-corrected chi connectivity index (χ1v) is 8.91. The molecule has 1 saturated carbocycles. The van der Waals surface area contributed by atoms with Gasteiger partial charge in [-0.3, -0.25) is 0 Å². The summed E-state index contributed by atoms with van der Waals surface area (Å²) in [6.07, 6.45) is 9.81. The zero-order valence-electron chi connectivity index (χ0n) is 13.5. The lowest BCUT2D eigenvalue weighted by Gasteiger charge is -2.47. The average Bonchev–Trinajstić information content (AvgIpc) is 3.27. The number of piperidine rings is 2. The van der Waals surface area contributed by atoms with Crippen LogP contribution in [0.2, 0.25) is 0 Å². The van der Waals surface area contributed by atoms with Crippen molar-refractivity contribution in [2.75, 3.05) is 33.2 Å². The summed E-state index contributed by atoms with van der Waals surface area (Å²) in [6, 6.07) is 2.53. The van der Waals surface area contributed by atoms with Crippen molar-refractivity contribution in [3.8, 4) is 0 Å². The van der Waals surface area contributed by atoms with E-state index in [9.17, 15) is 0 Å². The molecule has 0 aromatic heterocycles. The van der Waals surface area contributed by atoms with Crippen LogP contribution in [0.15, 0.2) is 0 Å². The monoisotopic (exact) mass is 279 g/mol. The summed E-state index contributed by atoms with van der Waals surface area (Å²) in [5.41, 5.74) is 0. The molecule has 0 aromatic rings. The minimum atomic E-state index is 0.782. The summed E-state index contributed by atoms with van der Waals surface area (Å²) in [4.78, 5) is 5.40. The van der Waals surface area contributed by atoms with Gasteiger partial charge in [-0.2, -0.15) is 0 Å². The van der Waals surface area contributed by atoms with Crippen molar-refractivity contribution in [3.05, 3.63) is 0 Å². The molecule has 1 N–H and O–H groups in total. The lowest BCUT2D eigenvalue weighted by molar-refractivity contribution is 0.0215. The molecule has 20 heavy (non-hydrogen) atoms. The quantitative estimate of drug-likeness (QED) is 0.753. The van der Waals surface area contributed by atoms with Gasteiger partial charge in [0.05, 0.1) is 0 Å². The van der Waals surface area contributed by atoms with E-state index >= 15 is 0 Å². The summed E-state index contributed by atoms with van der Waals surface area (Å²) >= 11 is 0. The number of hydrogen-bond acceptors (Lipinski definition) is 3. The Hall–Kier alpha value is -0.120. The van der Waals surface area contributed by atoms with Gasteiger partial charge in [0.2, 0.25) is 0 Å². The van der Waals surface area contributed by atoms with Gasteiger partial charge in [-0.15, -0.1) is 0 Å². The van der Waals surface area contributed by atoms with E-state index in [4.69, 9.17) is 0 Å². The highest BCUT2D eigenvalue weighted by atomic mass is 15.2. The van der Waals surface area contributed by atoms with Crippen molar-refractivity contribution in [3.63, 3.8) is 0 Å². The normalized spacial score (nSPS) is 33.9. The van der Waals surface area contributed by atoms with Crippen molar-refractivity contribution in [1.29, 1.82) is 0 Å². The van der Waals surface area contributed by atoms with Crippen LogP contribution in [0.1, 0.15) is 51.9 Å². The van der Waals surface area contributed by atoms with Gasteiger partial charge in [-0.1, -0.05) is 0 Å². The molecule has 2 heterocycles. The minimum absolute atomic E-state index is 0.782. The van der Waals surface area contributed by atoms with Gasteiger partial charge < -0.3 is 15.1 Å². The number of nitrogens with one attached hydrogen (secondary N) is 1. The molecule has 0 bridgehead atoms. The molecule has 3 unspecified atom stereocenters. The number of nitrogens with zero attached hydrogens (tertiary/aromatic N) is 2. The average molecular weight is 279 g/mol. The Morgan fingerprint density at radius 1 is 1.15 bits per heavy atom. The first-order chi connectivity index (χ1) is 9.74. The maximum absolute atomic E-state index is 3.64. The summed E-state index contributed by atoms with van der Waals surface area (Å²) in [5.74, 6) is 0.939. The molecule has 0 radical (unpaired) electrons. The fourth-order valence-corrected chi connectivity index (χ4v) is 4.25. The topological polar surface area (TPSA) is 18.5 Å². The Morgan fingerprint density at radius 3 is 2.80 bits per heavy atom. The lowest BCUT2D eigenvalue weighted by atomic mass is 9.83. The Morgan fingerprint density at radius 2 is 2.00 bits per heavy atom. The minimum Gasteiger partial charge on any atom is -0.314 e. The van der Waals surface area contributed by atoms with Gasteiger partial charge >= 0.3 is 0 Å². The molecule has 3 rings (SSSR count). The molecular weight excluding hydrogens is 246 g/mol. The second-order valence-electron chi connectivity index (χ2n) is 7.45. The summed E-state index contributed by atoms with van der Waals surface area (Å²) < 4.78 is 0. The van der Waals surface area contributed by atoms with Crippen LogP contribution in [0.5, 0.6) is 0 Å². The number of rotatable bonds is 6. The molecule has 3 heteroatoms. The first-order valence-electron chi connectivity index (χ1n) is 8.91. The molecule has 1 aliphatic carbocycles. The third kappa shape index (κ3) is 3.75. The van der Waals surface area contributed by atoms with E-state index in [1.54, 1.807) is 0 Å². The van der Waals surface area contributed by atoms with Gasteiger partial charge in [0, 0.05) is 24.7 Å². The third-order valence-corrected chi connectivity index (χ3v) is 5.81. The van der Waals surface area contributed by atoms with E-state index in [0.717, 1.165) is 24.0 Å². The van der Waals surface area contributed by atoms with E-state index in [1.807, 2.05) is 0 Å².